The number of rotatable bonds is 5. The number of carbonyl (C=O) groups excluding carboxylic acids is 1. The van der Waals surface area contributed by atoms with Gasteiger partial charge in [0.25, 0.3) is 5.91 Å². The number of amides is 1. The molecule has 1 N–H and O–H groups in total. The molecule has 33 heavy (non-hydrogen) atoms. The van der Waals surface area contributed by atoms with Gasteiger partial charge in [-0.15, -0.1) is 11.3 Å². The number of aryl methyl sites for hydroxylation is 1. The summed E-state index contributed by atoms with van der Waals surface area (Å²) in [6.07, 6.45) is 7.10. The summed E-state index contributed by atoms with van der Waals surface area (Å²) in [6.45, 7) is 4.66. The third kappa shape index (κ3) is 5.23. The molecule has 2 heterocycles. The van der Waals surface area contributed by atoms with Crippen molar-refractivity contribution in [2.24, 2.45) is 0 Å². The van der Waals surface area contributed by atoms with Crippen molar-refractivity contribution in [2.45, 2.75) is 63.5 Å². The predicted molar refractivity (Wildman–Crippen MR) is 138 cm³/mol. The Morgan fingerprint density at radius 1 is 0.848 bits per heavy atom. The first-order chi connectivity index (χ1) is 16.2. The van der Waals surface area contributed by atoms with Gasteiger partial charge in [0.05, 0.1) is 4.88 Å². The molecule has 1 aromatic heterocycles. The van der Waals surface area contributed by atoms with Gasteiger partial charge in [-0.2, -0.15) is 0 Å². The molecule has 1 saturated carbocycles. The Labute approximate surface area is 201 Å². The van der Waals surface area contributed by atoms with E-state index in [2.05, 4.69) is 59.6 Å². The summed E-state index contributed by atoms with van der Waals surface area (Å²) in [7, 11) is 0. The minimum absolute atomic E-state index is 0.0877. The topological polar surface area (TPSA) is 32.3 Å². The average Bonchev–Trinajstić information content (AvgIpc) is 3.36. The van der Waals surface area contributed by atoms with E-state index in [1.165, 1.54) is 49.9 Å². The number of benzene rings is 2. The first kappa shape index (κ1) is 22.4. The summed E-state index contributed by atoms with van der Waals surface area (Å²) in [6, 6.07) is 24.2. The van der Waals surface area contributed by atoms with Crippen molar-refractivity contribution >= 4 is 17.2 Å². The molecule has 1 aliphatic carbocycles. The molecule has 1 aliphatic heterocycles. The second-order valence-electron chi connectivity index (χ2n) is 9.68. The van der Waals surface area contributed by atoms with Crippen molar-refractivity contribution in [3.8, 4) is 10.4 Å². The van der Waals surface area contributed by atoms with Crippen LogP contribution in [0, 0.1) is 6.92 Å². The number of carbonyl (C=O) groups is 1. The lowest BCUT2D eigenvalue weighted by Crippen LogP contribution is -2.46. The van der Waals surface area contributed by atoms with E-state index in [4.69, 9.17) is 0 Å². The molecule has 5 rings (SSSR count). The summed E-state index contributed by atoms with van der Waals surface area (Å²) < 4.78 is 0. The van der Waals surface area contributed by atoms with Crippen LogP contribution in [-0.4, -0.2) is 36.0 Å². The van der Waals surface area contributed by atoms with Crippen LogP contribution in [0.25, 0.3) is 10.4 Å². The van der Waals surface area contributed by atoms with E-state index >= 15 is 0 Å². The highest BCUT2D eigenvalue weighted by atomic mass is 32.1. The lowest BCUT2D eigenvalue weighted by Gasteiger charge is -2.41. The standard InChI is InChI=1S/C29H34N2OS/c1-21-7-5-6-10-26(21)22-17-19-31(20-18-22)25-13-11-24(12-14-25)30-29(32)28-16-15-27(33-28)23-8-3-2-4-9-23/h2-10,15-16,22,24-25H,11-14,17-20H2,1H3,(H,30,32). The molecular weight excluding hydrogens is 424 g/mol. The third-order valence-corrected chi connectivity index (χ3v) is 8.73. The smallest absolute Gasteiger partial charge is 0.261 e. The van der Waals surface area contributed by atoms with E-state index in [1.807, 2.05) is 24.3 Å². The van der Waals surface area contributed by atoms with E-state index in [0.717, 1.165) is 22.6 Å². The van der Waals surface area contributed by atoms with Crippen LogP contribution in [0.1, 0.15) is 65.2 Å². The first-order valence-electron chi connectivity index (χ1n) is 12.4. The number of likely N-dealkylation sites (tertiary alicyclic amines) is 1. The van der Waals surface area contributed by atoms with Crippen LogP contribution < -0.4 is 5.32 Å². The lowest BCUT2D eigenvalue weighted by atomic mass is 9.84. The molecule has 1 amide bonds. The van der Waals surface area contributed by atoms with Gasteiger partial charge in [0.1, 0.15) is 0 Å². The summed E-state index contributed by atoms with van der Waals surface area (Å²) >= 11 is 1.58. The van der Waals surface area contributed by atoms with Crippen LogP contribution in [0.15, 0.2) is 66.7 Å². The van der Waals surface area contributed by atoms with Crippen molar-refractivity contribution < 1.29 is 4.79 Å². The molecule has 1 saturated heterocycles. The zero-order valence-electron chi connectivity index (χ0n) is 19.5. The van der Waals surface area contributed by atoms with Crippen LogP contribution in [0.2, 0.25) is 0 Å². The zero-order chi connectivity index (χ0) is 22.6. The Morgan fingerprint density at radius 2 is 1.55 bits per heavy atom. The van der Waals surface area contributed by atoms with E-state index in [1.54, 1.807) is 16.9 Å². The van der Waals surface area contributed by atoms with Gasteiger partial charge in [-0.05, 0) is 93.3 Å². The molecule has 0 unspecified atom stereocenters. The molecule has 0 atom stereocenters. The fourth-order valence-electron chi connectivity index (χ4n) is 5.68. The monoisotopic (exact) mass is 458 g/mol. The molecule has 4 heteroatoms. The minimum Gasteiger partial charge on any atom is -0.349 e. The molecule has 2 aromatic carbocycles. The summed E-state index contributed by atoms with van der Waals surface area (Å²) in [5.41, 5.74) is 4.16. The van der Waals surface area contributed by atoms with Gasteiger partial charge in [0, 0.05) is 17.0 Å². The van der Waals surface area contributed by atoms with Gasteiger partial charge < -0.3 is 10.2 Å². The maximum atomic E-state index is 12.8. The van der Waals surface area contributed by atoms with Crippen molar-refractivity contribution in [3.05, 3.63) is 82.7 Å². The first-order valence-corrected chi connectivity index (χ1v) is 13.2. The van der Waals surface area contributed by atoms with E-state index < -0.39 is 0 Å². The molecule has 2 aliphatic rings. The summed E-state index contributed by atoms with van der Waals surface area (Å²) in [5.74, 6) is 0.800. The number of nitrogens with one attached hydrogen (secondary N) is 1. The molecule has 3 aromatic rings. The Bertz CT molecular complexity index is 1060. The Morgan fingerprint density at radius 3 is 2.27 bits per heavy atom. The number of thiophene rings is 1. The van der Waals surface area contributed by atoms with E-state index in [0.29, 0.717) is 18.0 Å². The molecule has 0 bridgehead atoms. The van der Waals surface area contributed by atoms with E-state index in [9.17, 15) is 4.79 Å². The normalized spacial score (nSPS) is 22.2. The minimum atomic E-state index is 0.0877. The van der Waals surface area contributed by atoms with Gasteiger partial charge in [0.2, 0.25) is 0 Å². The molecule has 0 radical (unpaired) electrons. The van der Waals surface area contributed by atoms with Gasteiger partial charge in [-0.3, -0.25) is 4.79 Å². The van der Waals surface area contributed by atoms with Crippen LogP contribution in [-0.2, 0) is 0 Å². The average molecular weight is 459 g/mol. The van der Waals surface area contributed by atoms with Gasteiger partial charge in [-0.25, -0.2) is 0 Å². The number of hydrogen-bond donors (Lipinski definition) is 1. The maximum absolute atomic E-state index is 12.8. The fraction of sp³-hybridized carbons (Fsp3) is 0.414. The van der Waals surface area contributed by atoms with Crippen LogP contribution in [0.4, 0.5) is 0 Å². The Balaban J connectivity index is 1.09. The highest BCUT2D eigenvalue weighted by molar-refractivity contribution is 7.17. The molecule has 172 valence electrons. The third-order valence-electron chi connectivity index (χ3n) is 7.59. The van der Waals surface area contributed by atoms with Gasteiger partial charge in [0.15, 0.2) is 0 Å². The largest absolute Gasteiger partial charge is 0.349 e. The molecule has 3 nitrogen and oxygen atoms in total. The lowest BCUT2D eigenvalue weighted by molar-refractivity contribution is 0.0882. The van der Waals surface area contributed by atoms with Gasteiger partial charge in [-0.1, -0.05) is 54.6 Å². The highest BCUT2D eigenvalue weighted by Crippen LogP contribution is 2.34. The molecule has 0 spiro atoms. The van der Waals surface area contributed by atoms with Crippen molar-refractivity contribution in [1.29, 1.82) is 0 Å². The Kier molecular flexibility index (Phi) is 6.93. The van der Waals surface area contributed by atoms with E-state index in [-0.39, 0.29) is 5.91 Å². The van der Waals surface area contributed by atoms with Crippen LogP contribution in [0.3, 0.4) is 0 Å². The maximum Gasteiger partial charge on any atom is 0.261 e. The van der Waals surface area contributed by atoms with Crippen LogP contribution >= 0.6 is 11.3 Å². The SMILES string of the molecule is Cc1ccccc1C1CCN(C2CCC(NC(=O)c3ccc(-c4ccccc4)s3)CC2)CC1. The zero-order valence-corrected chi connectivity index (χ0v) is 20.3. The van der Waals surface area contributed by atoms with Crippen molar-refractivity contribution in [2.75, 3.05) is 13.1 Å². The number of nitrogens with zero attached hydrogens (tertiary/aromatic N) is 1. The predicted octanol–water partition coefficient (Wildman–Crippen LogP) is 6.64. The fourth-order valence-corrected chi connectivity index (χ4v) is 6.59. The second-order valence-corrected chi connectivity index (χ2v) is 10.8. The molecular formula is C29H34N2OS. The molecule has 2 fully saturated rings. The summed E-state index contributed by atoms with van der Waals surface area (Å²) in [5, 5.41) is 3.31. The number of piperidine rings is 1. The Hall–Kier alpha value is -2.43. The van der Waals surface area contributed by atoms with Crippen molar-refractivity contribution in [1.82, 2.24) is 10.2 Å². The van der Waals surface area contributed by atoms with Gasteiger partial charge >= 0.3 is 0 Å². The summed E-state index contributed by atoms with van der Waals surface area (Å²) in [4.78, 5) is 17.5. The quantitative estimate of drug-likeness (QED) is 0.464. The van der Waals surface area contributed by atoms with Crippen molar-refractivity contribution in [3.63, 3.8) is 0 Å². The highest BCUT2D eigenvalue weighted by Gasteiger charge is 2.30. The van der Waals surface area contributed by atoms with Crippen LogP contribution in [0.5, 0.6) is 0 Å². The second kappa shape index (κ2) is 10.2. The number of hydrogen-bond acceptors (Lipinski definition) is 3.